The summed E-state index contributed by atoms with van der Waals surface area (Å²) in [6.07, 6.45) is 1.43. The van der Waals surface area contributed by atoms with E-state index >= 15 is 0 Å². The van der Waals surface area contributed by atoms with Crippen molar-refractivity contribution in [3.05, 3.63) is 54.7 Å². The van der Waals surface area contributed by atoms with Gasteiger partial charge in [-0.3, -0.25) is 0 Å². The van der Waals surface area contributed by atoms with E-state index in [9.17, 15) is 16.8 Å². The van der Waals surface area contributed by atoms with E-state index in [2.05, 4.69) is 35.2 Å². The van der Waals surface area contributed by atoms with Crippen LogP contribution in [0.2, 0.25) is 0 Å². The standard InChI is InChI=1S/C21H23N7O7S2/c29-11-9-23-36(31,32)16-5-1-14(2-6-16)25-19-18-13-22-35-20(18)28-21(27-19)26-15-3-7-17(8-4-15)37(33,34)24-10-12-30/h1-8,13,23-24,29-30H,9-12H2,(H2,25,26,27,28). The quantitative estimate of drug-likeness (QED) is 0.144. The lowest BCUT2D eigenvalue weighted by Crippen LogP contribution is -2.26. The lowest BCUT2D eigenvalue weighted by atomic mass is 10.3. The molecule has 6 N–H and O–H groups in total. The second kappa shape index (κ2) is 11.2. The fourth-order valence-electron chi connectivity index (χ4n) is 3.14. The molecule has 0 aliphatic carbocycles. The molecule has 0 saturated heterocycles. The van der Waals surface area contributed by atoms with Crippen molar-refractivity contribution in [3.8, 4) is 0 Å². The van der Waals surface area contributed by atoms with Gasteiger partial charge in [-0.25, -0.2) is 26.3 Å². The number of nitrogens with one attached hydrogen (secondary N) is 4. The van der Waals surface area contributed by atoms with E-state index in [0.29, 0.717) is 22.6 Å². The van der Waals surface area contributed by atoms with Crippen LogP contribution in [-0.4, -0.2) is 68.5 Å². The lowest BCUT2D eigenvalue weighted by Gasteiger charge is -2.11. The second-order valence-corrected chi connectivity index (χ2v) is 11.0. The molecule has 0 atom stereocenters. The van der Waals surface area contributed by atoms with Gasteiger partial charge in [0.25, 0.3) is 5.71 Å². The van der Waals surface area contributed by atoms with Crippen LogP contribution in [-0.2, 0) is 20.0 Å². The Kier molecular flexibility index (Phi) is 7.96. The normalized spacial score (nSPS) is 12.1. The van der Waals surface area contributed by atoms with Gasteiger partial charge in [-0.15, -0.1) is 0 Å². The van der Waals surface area contributed by atoms with Gasteiger partial charge in [-0.1, -0.05) is 5.16 Å². The average molecular weight is 550 g/mol. The molecule has 4 rings (SSSR count). The molecule has 0 unspecified atom stereocenters. The SMILES string of the molecule is O=S(=O)(NCCO)c1ccc(Nc2nc(Nc3ccc(S(=O)(=O)NCCO)cc3)c3cnoc3n2)cc1. The van der Waals surface area contributed by atoms with Crippen molar-refractivity contribution in [2.45, 2.75) is 9.79 Å². The smallest absolute Gasteiger partial charge is 0.264 e. The molecule has 0 saturated carbocycles. The number of hydrogen-bond donors (Lipinski definition) is 6. The summed E-state index contributed by atoms with van der Waals surface area (Å²) >= 11 is 0. The maximum Gasteiger partial charge on any atom is 0.264 e. The summed E-state index contributed by atoms with van der Waals surface area (Å²) < 4.78 is 58.5. The van der Waals surface area contributed by atoms with Gasteiger partial charge in [0.2, 0.25) is 26.0 Å². The predicted octanol–water partition coefficient (Wildman–Crippen LogP) is 0.646. The molecule has 14 nitrogen and oxygen atoms in total. The number of aliphatic hydroxyl groups excluding tert-OH is 2. The Balaban J connectivity index is 1.54. The number of aromatic nitrogens is 3. The van der Waals surface area contributed by atoms with Gasteiger partial charge in [0, 0.05) is 24.5 Å². The Morgan fingerprint density at radius 3 is 1.76 bits per heavy atom. The summed E-state index contributed by atoms with van der Waals surface area (Å²) in [5.41, 5.74) is 1.20. The van der Waals surface area contributed by atoms with Crippen molar-refractivity contribution in [1.82, 2.24) is 24.6 Å². The first kappa shape index (κ1) is 26.4. The highest BCUT2D eigenvalue weighted by atomic mass is 32.2. The number of nitrogens with zero attached hydrogens (tertiary/aromatic N) is 3. The van der Waals surface area contributed by atoms with Crippen LogP contribution in [0.1, 0.15) is 0 Å². The van der Waals surface area contributed by atoms with Crippen molar-refractivity contribution in [1.29, 1.82) is 0 Å². The van der Waals surface area contributed by atoms with Crippen molar-refractivity contribution in [3.63, 3.8) is 0 Å². The van der Waals surface area contributed by atoms with Crippen molar-refractivity contribution in [2.24, 2.45) is 0 Å². The van der Waals surface area contributed by atoms with Crippen molar-refractivity contribution in [2.75, 3.05) is 36.9 Å². The maximum atomic E-state index is 12.2. The minimum absolute atomic E-state index is 0.0254. The lowest BCUT2D eigenvalue weighted by molar-refractivity contribution is 0.300. The van der Waals surface area contributed by atoms with E-state index in [1.807, 2.05) is 0 Å². The fraction of sp³-hybridized carbons (Fsp3) is 0.190. The number of benzene rings is 2. The topological polar surface area (TPSA) is 209 Å². The van der Waals surface area contributed by atoms with Crippen molar-refractivity contribution >= 4 is 54.3 Å². The second-order valence-electron chi connectivity index (χ2n) is 7.48. The third-order valence-electron chi connectivity index (χ3n) is 4.89. The van der Waals surface area contributed by atoms with Gasteiger partial charge in [-0.2, -0.15) is 9.97 Å². The van der Waals surface area contributed by atoms with Crippen molar-refractivity contribution < 1.29 is 31.6 Å². The average Bonchev–Trinajstić information content (AvgIpc) is 3.36. The number of aliphatic hydroxyl groups is 2. The summed E-state index contributed by atoms with van der Waals surface area (Å²) in [4.78, 5) is 8.76. The Labute approximate surface area is 211 Å². The maximum absolute atomic E-state index is 12.2. The molecule has 2 aromatic heterocycles. The van der Waals surface area contributed by atoms with E-state index in [0.717, 1.165) is 0 Å². The first-order chi connectivity index (χ1) is 17.7. The zero-order valence-corrected chi connectivity index (χ0v) is 20.8. The van der Waals surface area contributed by atoms with Crippen LogP contribution in [0, 0.1) is 0 Å². The molecular weight excluding hydrogens is 526 g/mol. The molecule has 0 bridgehead atoms. The Hall–Kier alpha value is -3.67. The zero-order chi connectivity index (χ0) is 26.5. The van der Waals surface area contributed by atoms with Gasteiger partial charge < -0.3 is 25.4 Å². The first-order valence-electron chi connectivity index (χ1n) is 10.8. The third-order valence-corrected chi connectivity index (χ3v) is 7.84. The highest BCUT2D eigenvalue weighted by Gasteiger charge is 2.16. The molecule has 4 aromatic rings. The molecule has 2 aromatic carbocycles. The van der Waals surface area contributed by atoms with Gasteiger partial charge in [-0.05, 0) is 48.5 Å². The van der Waals surface area contributed by atoms with Crippen LogP contribution in [0.3, 0.4) is 0 Å². The molecular formula is C21H23N7O7S2. The van der Waals surface area contributed by atoms with Crippen LogP contribution in [0.25, 0.3) is 11.1 Å². The van der Waals surface area contributed by atoms with Gasteiger partial charge in [0.05, 0.1) is 29.2 Å². The van der Waals surface area contributed by atoms with Crippen LogP contribution >= 0.6 is 0 Å². The van der Waals surface area contributed by atoms with Gasteiger partial charge in [0.15, 0.2) is 0 Å². The highest BCUT2D eigenvalue weighted by Crippen LogP contribution is 2.27. The van der Waals surface area contributed by atoms with Crippen LogP contribution in [0.5, 0.6) is 0 Å². The van der Waals surface area contributed by atoms with Crippen LogP contribution < -0.4 is 20.1 Å². The van der Waals surface area contributed by atoms with Gasteiger partial charge in [0.1, 0.15) is 11.2 Å². The van der Waals surface area contributed by atoms with E-state index in [1.165, 1.54) is 42.6 Å². The van der Waals surface area contributed by atoms with Crippen LogP contribution in [0.15, 0.2) is 69.0 Å². The predicted molar refractivity (Wildman–Crippen MR) is 134 cm³/mol. The summed E-state index contributed by atoms with van der Waals surface area (Å²) in [5.74, 6) is 0.461. The summed E-state index contributed by atoms with van der Waals surface area (Å²) in [7, 11) is -7.49. The monoisotopic (exact) mass is 549 g/mol. The number of anilines is 4. The third kappa shape index (κ3) is 6.37. The molecule has 16 heteroatoms. The Morgan fingerprint density at radius 2 is 1.24 bits per heavy atom. The molecule has 2 heterocycles. The molecule has 0 fully saturated rings. The molecule has 0 spiro atoms. The molecule has 0 amide bonds. The Morgan fingerprint density at radius 1 is 0.730 bits per heavy atom. The minimum atomic E-state index is -3.75. The number of hydrogen-bond acceptors (Lipinski definition) is 12. The van der Waals surface area contributed by atoms with E-state index < -0.39 is 20.0 Å². The summed E-state index contributed by atoms with van der Waals surface area (Å²) in [5, 5.41) is 27.9. The fourth-order valence-corrected chi connectivity index (χ4v) is 5.18. The molecule has 0 radical (unpaired) electrons. The van der Waals surface area contributed by atoms with E-state index in [-0.39, 0.29) is 47.8 Å². The number of sulfonamides is 2. The first-order valence-corrected chi connectivity index (χ1v) is 13.8. The number of rotatable bonds is 12. The molecule has 37 heavy (non-hydrogen) atoms. The summed E-state index contributed by atoms with van der Waals surface area (Å²) in [6, 6.07) is 11.7. The molecule has 0 aliphatic heterocycles. The highest BCUT2D eigenvalue weighted by molar-refractivity contribution is 7.89. The number of fused-ring (bicyclic) bond motifs is 1. The molecule has 196 valence electrons. The Bertz CT molecular complexity index is 1570. The molecule has 0 aliphatic rings. The van der Waals surface area contributed by atoms with Crippen LogP contribution in [0.4, 0.5) is 23.1 Å². The summed E-state index contributed by atoms with van der Waals surface area (Å²) in [6.45, 7) is -0.823. The van der Waals surface area contributed by atoms with E-state index in [4.69, 9.17) is 14.7 Å². The van der Waals surface area contributed by atoms with E-state index in [1.54, 1.807) is 12.1 Å². The largest absolute Gasteiger partial charge is 0.395 e. The zero-order valence-electron chi connectivity index (χ0n) is 19.1. The van der Waals surface area contributed by atoms with Gasteiger partial charge >= 0.3 is 0 Å². The minimum Gasteiger partial charge on any atom is -0.395 e.